The maximum atomic E-state index is 6.32. The van der Waals surface area contributed by atoms with Crippen LogP contribution in [-0.4, -0.2) is 11.9 Å². The molecule has 2 aromatic carbocycles. The molecule has 0 aliphatic rings. The number of nitrogens with two attached hydrogens (primary N) is 1. The molecular formula is C18H23NOS. The van der Waals surface area contributed by atoms with Crippen molar-refractivity contribution in [2.45, 2.75) is 37.8 Å². The van der Waals surface area contributed by atoms with Gasteiger partial charge in [-0.25, -0.2) is 0 Å². The van der Waals surface area contributed by atoms with Crippen molar-refractivity contribution in [1.82, 2.24) is 0 Å². The first-order valence-corrected chi connectivity index (χ1v) is 8.25. The number of hydrogen-bond acceptors (Lipinski definition) is 3. The van der Waals surface area contributed by atoms with Crippen molar-refractivity contribution in [3.63, 3.8) is 0 Å². The van der Waals surface area contributed by atoms with Gasteiger partial charge in [-0.15, -0.1) is 11.8 Å². The van der Waals surface area contributed by atoms with E-state index in [1.54, 1.807) is 11.8 Å². The van der Waals surface area contributed by atoms with Gasteiger partial charge in [-0.1, -0.05) is 30.3 Å². The Bertz CT molecular complexity index is 583. The highest BCUT2D eigenvalue weighted by Crippen LogP contribution is 2.27. The minimum Gasteiger partial charge on any atom is -0.491 e. The van der Waals surface area contributed by atoms with E-state index in [-0.39, 0.29) is 12.1 Å². The van der Waals surface area contributed by atoms with Crippen LogP contribution in [0.15, 0.2) is 53.4 Å². The van der Waals surface area contributed by atoms with Gasteiger partial charge in [0, 0.05) is 16.7 Å². The lowest BCUT2D eigenvalue weighted by molar-refractivity contribution is 0.242. The first-order chi connectivity index (χ1) is 10.1. The lowest BCUT2D eigenvalue weighted by atomic mass is 10.1. The molecule has 0 aliphatic heterocycles. The van der Waals surface area contributed by atoms with Crippen molar-refractivity contribution >= 4 is 11.8 Å². The Hall–Kier alpha value is -1.45. The Labute approximate surface area is 131 Å². The molecule has 2 nitrogen and oxygen atoms in total. The van der Waals surface area contributed by atoms with Crippen molar-refractivity contribution < 1.29 is 4.74 Å². The van der Waals surface area contributed by atoms with Gasteiger partial charge in [-0.2, -0.15) is 0 Å². The molecule has 0 fully saturated rings. The zero-order valence-electron chi connectivity index (χ0n) is 12.9. The number of thioether (sulfide) groups is 1. The molecule has 0 heterocycles. The second-order valence-electron chi connectivity index (χ2n) is 5.42. The van der Waals surface area contributed by atoms with E-state index in [0.29, 0.717) is 0 Å². The van der Waals surface area contributed by atoms with Crippen LogP contribution in [-0.2, 0) is 0 Å². The number of ether oxygens (including phenoxy) is 1. The summed E-state index contributed by atoms with van der Waals surface area (Å²) in [6, 6.07) is 16.5. The summed E-state index contributed by atoms with van der Waals surface area (Å²) in [5, 5.41) is 0. The Kier molecular flexibility index (Phi) is 5.71. The zero-order valence-corrected chi connectivity index (χ0v) is 13.7. The highest BCUT2D eigenvalue weighted by Gasteiger charge is 2.09. The summed E-state index contributed by atoms with van der Waals surface area (Å²) in [6.45, 7) is 6.19. The van der Waals surface area contributed by atoms with Crippen LogP contribution in [0.5, 0.6) is 5.75 Å². The average Bonchev–Trinajstić information content (AvgIpc) is 2.45. The molecular weight excluding hydrogens is 278 g/mol. The fourth-order valence-electron chi connectivity index (χ4n) is 2.08. The molecule has 1 atom stereocenters. The second kappa shape index (κ2) is 7.53. The molecule has 3 heteroatoms. The van der Waals surface area contributed by atoms with E-state index in [4.69, 9.17) is 10.5 Å². The van der Waals surface area contributed by atoms with E-state index in [0.717, 1.165) is 17.1 Å². The topological polar surface area (TPSA) is 35.2 Å². The molecule has 2 N–H and O–H groups in total. The second-order valence-corrected chi connectivity index (χ2v) is 6.48. The summed E-state index contributed by atoms with van der Waals surface area (Å²) in [6.07, 6.45) is 0.179. The van der Waals surface area contributed by atoms with Gasteiger partial charge in [0.25, 0.3) is 0 Å². The van der Waals surface area contributed by atoms with Crippen molar-refractivity contribution in [2.75, 3.05) is 5.75 Å². The molecule has 0 aromatic heterocycles. The van der Waals surface area contributed by atoms with Crippen LogP contribution in [0, 0.1) is 6.92 Å². The van der Waals surface area contributed by atoms with Gasteiger partial charge < -0.3 is 10.5 Å². The van der Waals surface area contributed by atoms with Gasteiger partial charge in [-0.05, 0) is 50.1 Å². The van der Waals surface area contributed by atoms with Crippen molar-refractivity contribution in [1.29, 1.82) is 0 Å². The Morgan fingerprint density at radius 1 is 1.10 bits per heavy atom. The van der Waals surface area contributed by atoms with Gasteiger partial charge in [-0.3, -0.25) is 0 Å². The van der Waals surface area contributed by atoms with Gasteiger partial charge in [0.2, 0.25) is 0 Å². The fourth-order valence-corrected chi connectivity index (χ4v) is 3.11. The summed E-state index contributed by atoms with van der Waals surface area (Å²) in [4.78, 5) is 1.29. The van der Waals surface area contributed by atoms with Crippen LogP contribution in [0.25, 0.3) is 0 Å². The maximum Gasteiger partial charge on any atom is 0.120 e. The monoisotopic (exact) mass is 301 g/mol. The predicted molar refractivity (Wildman–Crippen MR) is 91.0 cm³/mol. The van der Waals surface area contributed by atoms with Crippen LogP contribution in [0.4, 0.5) is 0 Å². The Morgan fingerprint density at radius 3 is 2.57 bits per heavy atom. The van der Waals surface area contributed by atoms with E-state index in [2.05, 4.69) is 37.3 Å². The van der Waals surface area contributed by atoms with Crippen molar-refractivity contribution in [2.24, 2.45) is 5.73 Å². The first kappa shape index (κ1) is 15.9. The molecule has 21 heavy (non-hydrogen) atoms. The summed E-state index contributed by atoms with van der Waals surface area (Å²) in [5.41, 5.74) is 8.73. The minimum absolute atomic E-state index is 0.00492. The number of rotatable bonds is 6. The highest BCUT2D eigenvalue weighted by atomic mass is 32.2. The maximum absolute atomic E-state index is 6.32. The molecule has 0 aliphatic carbocycles. The van der Waals surface area contributed by atoms with E-state index in [1.165, 1.54) is 10.5 Å². The van der Waals surface area contributed by atoms with Crippen LogP contribution in [0.2, 0.25) is 0 Å². The third-order valence-corrected chi connectivity index (χ3v) is 4.46. The van der Waals surface area contributed by atoms with Crippen LogP contribution < -0.4 is 10.5 Å². The largest absolute Gasteiger partial charge is 0.491 e. The van der Waals surface area contributed by atoms with E-state index in [1.807, 2.05) is 32.0 Å². The lowest BCUT2D eigenvalue weighted by Gasteiger charge is -2.15. The number of benzene rings is 2. The van der Waals surface area contributed by atoms with E-state index in [9.17, 15) is 0 Å². The SMILES string of the molecule is Cc1ccccc1SCC(N)c1cccc(OC(C)C)c1. The van der Waals surface area contributed by atoms with Gasteiger partial charge in [0.05, 0.1) is 6.10 Å². The van der Waals surface area contributed by atoms with Crippen molar-refractivity contribution in [3.05, 3.63) is 59.7 Å². The summed E-state index contributed by atoms with van der Waals surface area (Å²) >= 11 is 1.80. The molecule has 0 radical (unpaired) electrons. The smallest absolute Gasteiger partial charge is 0.120 e. The third-order valence-electron chi connectivity index (χ3n) is 3.17. The summed E-state index contributed by atoms with van der Waals surface area (Å²) < 4.78 is 5.72. The van der Waals surface area contributed by atoms with E-state index < -0.39 is 0 Å². The predicted octanol–water partition coefficient (Wildman–Crippen LogP) is 4.57. The van der Waals surface area contributed by atoms with Crippen LogP contribution in [0.1, 0.15) is 31.0 Å². The molecule has 2 aromatic rings. The lowest BCUT2D eigenvalue weighted by Crippen LogP contribution is -2.13. The fraction of sp³-hybridized carbons (Fsp3) is 0.333. The van der Waals surface area contributed by atoms with Gasteiger partial charge in [0.15, 0.2) is 0 Å². The molecule has 2 rings (SSSR count). The quantitative estimate of drug-likeness (QED) is 0.794. The molecule has 0 saturated carbocycles. The van der Waals surface area contributed by atoms with E-state index >= 15 is 0 Å². The third kappa shape index (κ3) is 4.80. The van der Waals surface area contributed by atoms with Gasteiger partial charge in [0.1, 0.15) is 5.75 Å². The van der Waals surface area contributed by atoms with Gasteiger partial charge >= 0.3 is 0 Å². The average molecular weight is 301 g/mol. The number of aryl methyl sites for hydroxylation is 1. The summed E-state index contributed by atoms with van der Waals surface area (Å²) in [7, 11) is 0. The molecule has 112 valence electrons. The molecule has 0 saturated heterocycles. The first-order valence-electron chi connectivity index (χ1n) is 7.27. The van der Waals surface area contributed by atoms with Crippen LogP contribution in [0.3, 0.4) is 0 Å². The zero-order chi connectivity index (χ0) is 15.2. The van der Waals surface area contributed by atoms with Crippen molar-refractivity contribution in [3.8, 4) is 5.75 Å². The molecule has 0 amide bonds. The molecule has 0 spiro atoms. The van der Waals surface area contributed by atoms with Crippen LogP contribution >= 0.6 is 11.8 Å². The molecule has 0 bridgehead atoms. The standard InChI is InChI=1S/C18H23NOS/c1-13(2)20-16-9-6-8-15(11-16)17(19)12-21-18-10-5-4-7-14(18)3/h4-11,13,17H,12,19H2,1-3H3. The highest BCUT2D eigenvalue weighted by molar-refractivity contribution is 7.99. The normalized spacial score (nSPS) is 12.4. The minimum atomic E-state index is 0.00492. The summed E-state index contributed by atoms with van der Waals surface area (Å²) in [5.74, 6) is 1.74. The number of hydrogen-bond donors (Lipinski definition) is 1. The Morgan fingerprint density at radius 2 is 1.86 bits per heavy atom. The molecule has 1 unspecified atom stereocenters. The Balaban J connectivity index is 2.00.